The Kier molecular flexibility index (Phi) is 5.17. The lowest BCUT2D eigenvalue weighted by atomic mass is 10.4. The summed E-state index contributed by atoms with van der Waals surface area (Å²) in [6.07, 6.45) is 2.86. The SMILES string of the molecule is NS(=O)(=O)CCCNC(=O)CNCC1CC1. The van der Waals surface area contributed by atoms with E-state index in [4.69, 9.17) is 5.14 Å². The smallest absolute Gasteiger partial charge is 0.233 e. The molecule has 0 atom stereocenters. The summed E-state index contributed by atoms with van der Waals surface area (Å²) in [5.74, 6) is 0.549. The first-order valence-corrected chi connectivity index (χ1v) is 7.17. The maximum absolute atomic E-state index is 11.2. The van der Waals surface area contributed by atoms with Gasteiger partial charge in [0.2, 0.25) is 15.9 Å². The molecule has 0 unspecified atom stereocenters. The molecule has 1 rings (SSSR count). The van der Waals surface area contributed by atoms with Crippen molar-refractivity contribution in [3.63, 3.8) is 0 Å². The van der Waals surface area contributed by atoms with Crippen molar-refractivity contribution < 1.29 is 13.2 Å². The molecule has 94 valence electrons. The Morgan fingerprint density at radius 2 is 2.06 bits per heavy atom. The lowest BCUT2D eigenvalue weighted by molar-refractivity contribution is -0.120. The van der Waals surface area contributed by atoms with Gasteiger partial charge in [-0.2, -0.15) is 0 Å². The van der Waals surface area contributed by atoms with E-state index in [0.717, 1.165) is 12.5 Å². The molecule has 1 amide bonds. The molecule has 1 fully saturated rings. The quantitative estimate of drug-likeness (QED) is 0.469. The van der Waals surface area contributed by atoms with Gasteiger partial charge in [0.1, 0.15) is 0 Å². The van der Waals surface area contributed by atoms with Gasteiger partial charge in [-0.15, -0.1) is 0 Å². The summed E-state index contributed by atoms with van der Waals surface area (Å²) in [6.45, 7) is 1.54. The molecule has 1 aliphatic rings. The van der Waals surface area contributed by atoms with E-state index in [-0.39, 0.29) is 11.7 Å². The van der Waals surface area contributed by atoms with Crippen LogP contribution in [0.3, 0.4) is 0 Å². The summed E-state index contributed by atoms with van der Waals surface area (Å²) < 4.78 is 21.2. The largest absolute Gasteiger partial charge is 0.355 e. The van der Waals surface area contributed by atoms with E-state index in [0.29, 0.717) is 19.5 Å². The molecule has 0 aliphatic heterocycles. The Hall–Kier alpha value is -0.660. The predicted molar refractivity (Wildman–Crippen MR) is 61.2 cm³/mol. The van der Waals surface area contributed by atoms with Crippen molar-refractivity contribution in [3.05, 3.63) is 0 Å². The van der Waals surface area contributed by atoms with Gasteiger partial charge in [-0.3, -0.25) is 4.79 Å². The Bertz CT molecular complexity index is 325. The number of carbonyl (C=O) groups excluding carboxylic acids is 1. The highest BCUT2D eigenvalue weighted by Crippen LogP contribution is 2.27. The Balaban J connectivity index is 1.92. The van der Waals surface area contributed by atoms with Crippen molar-refractivity contribution in [2.45, 2.75) is 19.3 Å². The summed E-state index contributed by atoms with van der Waals surface area (Å²) in [5, 5.41) is 10.5. The molecule has 0 radical (unpaired) electrons. The first-order chi connectivity index (χ1) is 7.47. The third-order valence-corrected chi connectivity index (χ3v) is 3.20. The van der Waals surface area contributed by atoms with E-state index in [1.807, 2.05) is 0 Å². The van der Waals surface area contributed by atoms with Crippen LogP contribution in [0.4, 0.5) is 0 Å². The average molecular weight is 249 g/mol. The highest BCUT2D eigenvalue weighted by molar-refractivity contribution is 7.89. The third-order valence-electron chi connectivity index (χ3n) is 2.34. The van der Waals surface area contributed by atoms with Gasteiger partial charge in [-0.25, -0.2) is 13.6 Å². The fourth-order valence-electron chi connectivity index (χ4n) is 1.28. The number of hydrogen-bond acceptors (Lipinski definition) is 4. The fraction of sp³-hybridized carbons (Fsp3) is 0.889. The van der Waals surface area contributed by atoms with E-state index in [9.17, 15) is 13.2 Å². The normalized spacial score (nSPS) is 16.1. The van der Waals surface area contributed by atoms with E-state index in [2.05, 4.69) is 10.6 Å². The van der Waals surface area contributed by atoms with Crippen LogP contribution in [0, 0.1) is 5.92 Å². The van der Waals surface area contributed by atoms with Gasteiger partial charge in [0, 0.05) is 6.54 Å². The molecule has 0 heterocycles. The number of primary sulfonamides is 1. The zero-order valence-electron chi connectivity index (χ0n) is 9.24. The molecule has 6 nitrogen and oxygen atoms in total. The second-order valence-electron chi connectivity index (χ2n) is 4.14. The molecule has 0 aromatic carbocycles. The maximum atomic E-state index is 11.2. The van der Waals surface area contributed by atoms with Crippen LogP contribution in [0.25, 0.3) is 0 Å². The van der Waals surface area contributed by atoms with E-state index in [1.165, 1.54) is 12.8 Å². The summed E-state index contributed by atoms with van der Waals surface area (Å²) in [4.78, 5) is 11.2. The minimum atomic E-state index is -3.41. The second-order valence-corrected chi connectivity index (χ2v) is 5.88. The molecule has 0 spiro atoms. The molecule has 0 saturated heterocycles. The predicted octanol–water partition coefficient (Wildman–Crippen LogP) is -1.22. The van der Waals surface area contributed by atoms with Crippen molar-refractivity contribution in [2.75, 3.05) is 25.4 Å². The van der Waals surface area contributed by atoms with Crippen LogP contribution in [0.5, 0.6) is 0 Å². The summed E-state index contributed by atoms with van der Waals surface area (Å²) in [7, 11) is -3.41. The van der Waals surface area contributed by atoms with Gasteiger partial charge >= 0.3 is 0 Å². The standard InChI is InChI=1S/C9H19N3O3S/c10-16(14,15)5-1-4-12-9(13)7-11-6-8-2-3-8/h8,11H,1-7H2,(H,12,13)(H2,10,14,15). The second kappa shape index (κ2) is 6.17. The van der Waals surface area contributed by atoms with Gasteiger partial charge in [0.25, 0.3) is 0 Å². The minimum Gasteiger partial charge on any atom is -0.355 e. The van der Waals surface area contributed by atoms with Crippen LogP contribution in [0.2, 0.25) is 0 Å². The van der Waals surface area contributed by atoms with Crippen molar-refractivity contribution >= 4 is 15.9 Å². The van der Waals surface area contributed by atoms with Gasteiger partial charge in [0.05, 0.1) is 12.3 Å². The molecular formula is C9H19N3O3S. The molecule has 0 bridgehead atoms. The highest BCUT2D eigenvalue weighted by atomic mass is 32.2. The molecule has 0 aromatic rings. The first-order valence-electron chi connectivity index (χ1n) is 5.45. The minimum absolute atomic E-state index is 0.0945. The topological polar surface area (TPSA) is 101 Å². The molecular weight excluding hydrogens is 230 g/mol. The Morgan fingerprint density at radius 1 is 1.38 bits per heavy atom. The van der Waals surface area contributed by atoms with Crippen LogP contribution in [0.1, 0.15) is 19.3 Å². The van der Waals surface area contributed by atoms with Crippen molar-refractivity contribution in [1.82, 2.24) is 10.6 Å². The van der Waals surface area contributed by atoms with Gasteiger partial charge in [-0.05, 0) is 31.7 Å². The zero-order chi connectivity index (χ0) is 12.0. The molecule has 0 aromatic heterocycles. The zero-order valence-corrected chi connectivity index (χ0v) is 10.1. The lowest BCUT2D eigenvalue weighted by Gasteiger charge is -2.05. The Morgan fingerprint density at radius 3 is 2.62 bits per heavy atom. The monoisotopic (exact) mass is 249 g/mol. The van der Waals surface area contributed by atoms with Crippen LogP contribution in [0.15, 0.2) is 0 Å². The maximum Gasteiger partial charge on any atom is 0.233 e. The van der Waals surface area contributed by atoms with E-state index in [1.54, 1.807) is 0 Å². The summed E-state index contributed by atoms with van der Waals surface area (Å²) in [5.41, 5.74) is 0. The molecule has 4 N–H and O–H groups in total. The Labute approximate surface area is 96.0 Å². The molecule has 1 saturated carbocycles. The third kappa shape index (κ3) is 7.61. The van der Waals surface area contributed by atoms with Crippen molar-refractivity contribution in [1.29, 1.82) is 0 Å². The van der Waals surface area contributed by atoms with Gasteiger partial charge in [0.15, 0.2) is 0 Å². The number of sulfonamides is 1. The van der Waals surface area contributed by atoms with Gasteiger partial charge in [-0.1, -0.05) is 0 Å². The number of nitrogens with one attached hydrogen (secondary N) is 2. The number of carbonyl (C=O) groups is 1. The van der Waals surface area contributed by atoms with Crippen LogP contribution >= 0.6 is 0 Å². The van der Waals surface area contributed by atoms with Crippen LogP contribution < -0.4 is 15.8 Å². The lowest BCUT2D eigenvalue weighted by Crippen LogP contribution is -2.35. The summed E-state index contributed by atoms with van der Waals surface area (Å²) >= 11 is 0. The van der Waals surface area contributed by atoms with Crippen molar-refractivity contribution in [2.24, 2.45) is 11.1 Å². The first kappa shape index (κ1) is 13.4. The average Bonchev–Trinajstić information content (AvgIpc) is 2.95. The summed E-state index contributed by atoms with van der Waals surface area (Å²) in [6, 6.07) is 0. The molecule has 1 aliphatic carbocycles. The highest BCUT2D eigenvalue weighted by Gasteiger charge is 2.20. The van der Waals surface area contributed by atoms with Crippen molar-refractivity contribution in [3.8, 4) is 0 Å². The van der Waals surface area contributed by atoms with Gasteiger partial charge < -0.3 is 10.6 Å². The molecule has 16 heavy (non-hydrogen) atoms. The number of nitrogens with two attached hydrogens (primary N) is 1. The van der Waals surface area contributed by atoms with Crippen LogP contribution in [-0.4, -0.2) is 39.7 Å². The van der Waals surface area contributed by atoms with E-state index >= 15 is 0 Å². The fourth-order valence-corrected chi connectivity index (χ4v) is 1.82. The van der Waals surface area contributed by atoms with Crippen LogP contribution in [-0.2, 0) is 14.8 Å². The number of amides is 1. The van der Waals surface area contributed by atoms with E-state index < -0.39 is 10.0 Å². The number of hydrogen-bond donors (Lipinski definition) is 3. The number of rotatable bonds is 8. The molecule has 7 heteroatoms.